The molecule has 2 aliphatic rings. The van der Waals surface area contributed by atoms with E-state index in [2.05, 4.69) is 17.2 Å². The smallest absolute Gasteiger partial charge is 0.287 e. The van der Waals surface area contributed by atoms with Crippen molar-refractivity contribution in [2.75, 3.05) is 5.75 Å². The van der Waals surface area contributed by atoms with Crippen LogP contribution in [0.25, 0.3) is 11.1 Å². The summed E-state index contributed by atoms with van der Waals surface area (Å²) < 4.78 is 32.1. The number of hydrogen-bond donors (Lipinski definition) is 2. The average Bonchev–Trinajstić information content (AvgIpc) is 3.22. The second-order valence-electron chi connectivity index (χ2n) is 10.1. The lowest BCUT2D eigenvalue weighted by Gasteiger charge is -2.45. The van der Waals surface area contributed by atoms with Gasteiger partial charge in [-0.1, -0.05) is 18.5 Å². The molecule has 1 unspecified atom stereocenters. The third-order valence-corrected chi connectivity index (χ3v) is 8.71. The normalized spacial score (nSPS) is 25.4. The molecular weight excluding hydrogens is 462 g/mol. The topological polar surface area (TPSA) is 109 Å². The van der Waals surface area contributed by atoms with E-state index >= 15 is 0 Å². The van der Waals surface area contributed by atoms with E-state index in [9.17, 15) is 9.00 Å². The van der Waals surface area contributed by atoms with E-state index in [0.717, 1.165) is 49.1 Å². The number of carbonyl (C=O) groups is 1. The lowest BCUT2D eigenvalue weighted by atomic mass is 9.60. The Bertz CT molecular complexity index is 1300. The number of hydrogen-bond acceptors (Lipinski definition) is 6. The molecule has 5 rings (SSSR count). The van der Waals surface area contributed by atoms with E-state index in [-0.39, 0.29) is 34.1 Å². The van der Waals surface area contributed by atoms with Gasteiger partial charge < -0.3 is 14.2 Å². The molecule has 0 bridgehead atoms. The molecule has 2 saturated carbocycles. The Labute approximate surface area is 198 Å². The molecular formula is C24H28ClN3O4S. The Kier molecular flexibility index (Phi) is 5.56. The Morgan fingerprint density at radius 3 is 2.79 bits per heavy atom. The molecule has 0 radical (unpaired) electrons. The van der Waals surface area contributed by atoms with Crippen molar-refractivity contribution in [1.82, 2.24) is 10.3 Å². The first kappa shape index (κ1) is 22.5. The van der Waals surface area contributed by atoms with Gasteiger partial charge in [-0.3, -0.25) is 4.79 Å². The van der Waals surface area contributed by atoms with Gasteiger partial charge in [-0.2, -0.15) is 0 Å². The monoisotopic (exact) mass is 489 g/mol. The van der Waals surface area contributed by atoms with Crippen molar-refractivity contribution in [2.45, 2.75) is 63.0 Å². The van der Waals surface area contributed by atoms with Gasteiger partial charge in [0.1, 0.15) is 15.2 Å². The number of rotatable bonds is 8. The Morgan fingerprint density at radius 1 is 1.30 bits per heavy atom. The molecule has 2 fully saturated rings. The molecule has 1 amide bonds. The number of nitrogens with zero attached hydrogens (tertiary/aromatic N) is 1. The fourth-order valence-corrected chi connectivity index (χ4v) is 6.81. The minimum absolute atomic E-state index is 0.0636. The van der Waals surface area contributed by atoms with E-state index < -0.39 is 9.73 Å². The van der Waals surface area contributed by atoms with Crippen LogP contribution < -0.4 is 5.32 Å². The van der Waals surface area contributed by atoms with Gasteiger partial charge in [0.2, 0.25) is 0 Å². The first-order chi connectivity index (χ1) is 15.6. The minimum atomic E-state index is -2.98. The summed E-state index contributed by atoms with van der Waals surface area (Å²) in [7, 11) is -2.98. The second kappa shape index (κ2) is 8.17. The van der Waals surface area contributed by atoms with Crippen molar-refractivity contribution >= 4 is 38.3 Å². The number of halogens is 1. The standard InChI is InChI=1S/C24H28ClN3O4S/c1-14(27-22(29)20-7-8-21(31-20)33(26,30)13-15-3-4-15)10-24(2)11-16(12-24)23-28-18-9-17(25)5-6-19(18)32-23/h5-9,14-16,26H,3-4,10-13H2,1-2H3,(H,27,29)/t14-,16-,24+,33?/m0/s1. The van der Waals surface area contributed by atoms with Crippen molar-refractivity contribution in [2.24, 2.45) is 11.3 Å². The second-order valence-corrected chi connectivity index (χ2v) is 12.6. The highest BCUT2D eigenvalue weighted by molar-refractivity contribution is 7.92. The molecule has 2 heterocycles. The third-order valence-electron chi connectivity index (χ3n) is 6.67. The maximum absolute atomic E-state index is 12.6. The molecule has 176 valence electrons. The van der Waals surface area contributed by atoms with E-state index in [1.165, 1.54) is 12.1 Å². The summed E-state index contributed by atoms with van der Waals surface area (Å²) in [5.41, 5.74) is 1.59. The molecule has 0 aliphatic heterocycles. The summed E-state index contributed by atoms with van der Waals surface area (Å²) in [6, 6.07) is 8.40. The Morgan fingerprint density at radius 2 is 2.06 bits per heavy atom. The number of furan rings is 1. The summed E-state index contributed by atoms with van der Waals surface area (Å²) in [4.78, 5) is 17.2. The van der Waals surface area contributed by atoms with Gasteiger partial charge in [-0.15, -0.1) is 0 Å². The molecule has 1 aromatic carbocycles. The van der Waals surface area contributed by atoms with Crippen LogP contribution in [0.4, 0.5) is 0 Å². The maximum Gasteiger partial charge on any atom is 0.287 e. The number of benzene rings is 1. The lowest BCUT2D eigenvalue weighted by molar-refractivity contribution is 0.0756. The summed E-state index contributed by atoms with van der Waals surface area (Å²) in [5, 5.41) is 3.72. The van der Waals surface area contributed by atoms with Gasteiger partial charge in [-0.25, -0.2) is 14.0 Å². The van der Waals surface area contributed by atoms with Gasteiger partial charge in [0.25, 0.3) is 5.91 Å². The summed E-state index contributed by atoms with van der Waals surface area (Å²) in [6.45, 7) is 4.19. The summed E-state index contributed by atoms with van der Waals surface area (Å²) >= 11 is 6.04. The van der Waals surface area contributed by atoms with Crippen LogP contribution in [0, 0.1) is 16.1 Å². The van der Waals surface area contributed by atoms with Crippen LogP contribution in [0.5, 0.6) is 0 Å². The van der Waals surface area contributed by atoms with Gasteiger partial charge >= 0.3 is 0 Å². The number of fused-ring (bicyclic) bond motifs is 1. The molecule has 2 N–H and O–H groups in total. The number of carbonyl (C=O) groups excluding carboxylic acids is 1. The van der Waals surface area contributed by atoms with Gasteiger partial charge in [0, 0.05) is 22.7 Å². The quantitative estimate of drug-likeness (QED) is 0.404. The highest BCUT2D eigenvalue weighted by Gasteiger charge is 2.44. The molecule has 3 aromatic rings. The molecule has 2 aliphatic carbocycles. The summed E-state index contributed by atoms with van der Waals surface area (Å²) in [6.07, 6.45) is 4.71. The van der Waals surface area contributed by atoms with Crippen LogP contribution >= 0.6 is 11.6 Å². The van der Waals surface area contributed by atoms with E-state index in [0.29, 0.717) is 16.7 Å². The number of nitrogens with one attached hydrogen (secondary N) is 2. The van der Waals surface area contributed by atoms with E-state index in [4.69, 9.17) is 25.2 Å². The van der Waals surface area contributed by atoms with Crippen LogP contribution in [-0.4, -0.2) is 26.9 Å². The van der Waals surface area contributed by atoms with Crippen molar-refractivity contribution in [1.29, 1.82) is 4.78 Å². The van der Waals surface area contributed by atoms with Crippen LogP contribution in [0.15, 0.2) is 44.3 Å². The van der Waals surface area contributed by atoms with Crippen LogP contribution in [-0.2, 0) is 9.73 Å². The number of oxazole rings is 1. The van der Waals surface area contributed by atoms with Crippen LogP contribution in [0.2, 0.25) is 5.02 Å². The minimum Gasteiger partial charge on any atom is -0.441 e. The zero-order valence-electron chi connectivity index (χ0n) is 18.7. The molecule has 0 saturated heterocycles. The van der Waals surface area contributed by atoms with Crippen molar-refractivity contribution in [3.05, 3.63) is 47.0 Å². The molecule has 2 aromatic heterocycles. The Hall–Kier alpha value is -2.32. The first-order valence-electron chi connectivity index (χ1n) is 11.3. The predicted molar refractivity (Wildman–Crippen MR) is 126 cm³/mol. The van der Waals surface area contributed by atoms with Gasteiger partial charge in [0.15, 0.2) is 22.3 Å². The first-order valence-corrected chi connectivity index (χ1v) is 13.4. The summed E-state index contributed by atoms with van der Waals surface area (Å²) in [5.74, 6) is 1.42. The van der Waals surface area contributed by atoms with Crippen molar-refractivity contribution in [3.63, 3.8) is 0 Å². The molecule has 9 heteroatoms. The van der Waals surface area contributed by atoms with Crippen LogP contribution in [0.1, 0.15) is 68.3 Å². The van der Waals surface area contributed by atoms with Crippen LogP contribution in [0.3, 0.4) is 0 Å². The van der Waals surface area contributed by atoms with Crippen molar-refractivity contribution < 1.29 is 17.8 Å². The number of aromatic nitrogens is 1. The highest BCUT2D eigenvalue weighted by atomic mass is 35.5. The maximum atomic E-state index is 12.6. The predicted octanol–water partition coefficient (Wildman–Crippen LogP) is 5.98. The number of amides is 1. The highest BCUT2D eigenvalue weighted by Crippen LogP contribution is 2.53. The fraction of sp³-hybridized carbons (Fsp3) is 0.500. The zero-order chi connectivity index (χ0) is 23.4. The van der Waals surface area contributed by atoms with E-state index in [1.807, 2.05) is 19.1 Å². The largest absolute Gasteiger partial charge is 0.441 e. The van der Waals surface area contributed by atoms with Gasteiger partial charge in [-0.05, 0) is 80.7 Å². The molecule has 0 spiro atoms. The van der Waals surface area contributed by atoms with Crippen molar-refractivity contribution in [3.8, 4) is 0 Å². The fourth-order valence-electron chi connectivity index (χ4n) is 4.97. The molecule has 2 atom stereocenters. The van der Waals surface area contributed by atoms with Gasteiger partial charge in [0.05, 0.1) is 0 Å². The van der Waals surface area contributed by atoms with E-state index in [1.54, 1.807) is 6.07 Å². The molecule has 33 heavy (non-hydrogen) atoms. The molecule has 7 nitrogen and oxygen atoms in total. The Balaban J connectivity index is 1.15. The SMILES string of the molecule is C[C@@H](C[C@]1(C)C[C@H](c2nc3cc(Cl)ccc3o2)C1)NC(=O)c1ccc(S(=N)(=O)CC2CC2)o1. The lowest BCUT2D eigenvalue weighted by Crippen LogP contribution is -2.41. The third kappa shape index (κ3) is 4.82. The zero-order valence-corrected chi connectivity index (χ0v) is 20.3. The average molecular weight is 490 g/mol.